The molecule has 0 saturated carbocycles. The zero-order valence-corrected chi connectivity index (χ0v) is 16.0. The lowest BCUT2D eigenvalue weighted by atomic mass is 9.95. The number of halogens is 4. The maximum absolute atomic E-state index is 14.5. The monoisotopic (exact) mass is 446 g/mol. The van der Waals surface area contributed by atoms with Crippen molar-refractivity contribution in [2.45, 2.75) is 19.4 Å². The van der Waals surface area contributed by atoms with Gasteiger partial charge in [0.1, 0.15) is 18.5 Å². The Morgan fingerprint density at radius 2 is 1.93 bits per heavy atom. The fourth-order valence-corrected chi connectivity index (χ4v) is 2.86. The molecule has 0 aliphatic heterocycles. The summed E-state index contributed by atoms with van der Waals surface area (Å²) in [4.78, 5) is 12.4. The van der Waals surface area contributed by atoms with Crippen LogP contribution in [0, 0.1) is 24.4 Å². The van der Waals surface area contributed by atoms with Crippen LogP contribution in [0.1, 0.15) is 27.0 Å². The Labute approximate surface area is 162 Å². The highest BCUT2D eigenvalue weighted by atomic mass is 79.9. The number of ketones is 1. The molecule has 0 saturated heterocycles. The van der Waals surface area contributed by atoms with Crippen molar-refractivity contribution in [3.63, 3.8) is 0 Å². The lowest BCUT2D eigenvalue weighted by molar-refractivity contribution is 0.00893. The SMILES string of the molecule is Cc1ccc(Cc2c(C(=O)COCC(O)CO)cc(Br)c(F)c2F)c(F)c1. The molecule has 0 aliphatic rings. The highest BCUT2D eigenvalue weighted by Gasteiger charge is 2.23. The van der Waals surface area contributed by atoms with Crippen LogP contribution in [0.15, 0.2) is 28.7 Å². The van der Waals surface area contributed by atoms with E-state index in [1.54, 1.807) is 13.0 Å². The first-order valence-corrected chi connectivity index (χ1v) is 8.85. The highest BCUT2D eigenvalue weighted by molar-refractivity contribution is 9.10. The van der Waals surface area contributed by atoms with Crippen LogP contribution in [-0.4, -0.2) is 41.9 Å². The van der Waals surface area contributed by atoms with Crippen molar-refractivity contribution in [2.24, 2.45) is 0 Å². The Balaban J connectivity index is 2.34. The molecule has 0 aromatic heterocycles. The Morgan fingerprint density at radius 1 is 1.22 bits per heavy atom. The third-order valence-electron chi connectivity index (χ3n) is 3.89. The first kappa shape index (κ1) is 21.6. The first-order chi connectivity index (χ1) is 12.7. The summed E-state index contributed by atoms with van der Waals surface area (Å²) in [5.41, 5.74) is 0.353. The van der Waals surface area contributed by atoms with Crippen LogP contribution in [0.2, 0.25) is 0 Å². The molecule has 0 radical (unpaired) electrons. The number of aliphatic hydroxyl groups is 2. The van der Waals surface area contributed by atoms with E-state index in [1.165, 1.54) is 12.1 Å². The molecular weight excluding hydrogens is 429 g/mol. The number of hydrogen-bond donors (Lipinski definition) is 2. The van der Waals surface area contributed by atoms with Crippen molar-refractivity contribution in [1.29, 1.82) is 0 Å². The van der Waals surface area contributed by atoms with Gasteiger partial charge in [-0.1, -0.05) is 12.1 Å². The summed E-state index contributed by atoms with van der Waals surface area (Å²) >= 11 is 2.86. The van der Waals surface area contributed by atoms with Crippen molar-refractivity contribution in [3.8, 4) is 0 Å². The molecule has 0 heterocycles. The van der Waals surface area contributed by atoms with Crippen molar-refractivity contribution < 1.29 is 32.9 Å². The van der Waals surface area contributed by atoms with Crippen molar-refractivity contribution in [3.05, 3.63) is 68.4 Å². The number of carbonyl (C=O) groups is 1. The zero-order chi connectivity index (χ0) is 20.1. The molecule has 146 valence electrons. The Hall–Kier alpha value is -1.74. The minimum Gasteiger partial charge on any atom is -0.394 e. The quantitative estimate of drug-likeness (QED) is 0.482. The molecular formula is C19H18BrF3O4. The molecule has 2 rings (SSSR count). The molecule has 1 unspecified atom stereocenters. The molecule has 0 amide bonds. The number of hydrogen-bond acceptors (Lipinski definition) is 4. The minimum atomic E-state index is -1.25. The van der Waals surface area contributed by atoms with Crippen molar-refractivity contribution >= 4 is 21.7 Å². The van der Waals surface area contributed by atoms with Gasteiger partial charge in [-0.2, -0.15) is 0 Å². The normalized spacial score (nSPS) is 12.3. The third kappa shape index (κ3) is 5.38. The van der Waals surface area contributed by atoms with E-state index in [4.69, 9.17) is 9.84 Å². The van der Waals surface area contributed by atoms with Crippen LogP contribution in [0.3, 0.4) is 0 Å². The Morgan fingerprint density at radius 3 is 2.56 bits per heavy atom. The molecule has 0 bridgehead atoms. The molecule has 2 aromatic rings. The average molecular weight is 447 g/mol. The van der Waals surface area contributed by atoms with E-state index in [-0.39, 0.29) is 34.2 Å². The number of ether oxygens (including phenoxy) is 1. The van der Waals surface area contributed by atoms with Gasteiger partial charge in [0, 0.05) is 17.5 Å². The van der Waals surface area contributed by atoms with Crippen molar-refractivity contribution in [1.82, 2.24) is 0 Å². The van der Waals surface area contributed by atoms with E-state index in [9.17, 15) is 23.1 Å². The number of Topliss-reactive ketones (excluding diaryl/α,β-unsaturated/α-hetero) is 1. The summed E-state index contributed by atoms with van der Waals surface area (Å²) in [5, 5.41) is 17.9. The van der Waals surface area contributed by atoms with Gasteiger partial charge in [0.2, 0.25) is 0 Å². The maximum Gasteiger partial charge on any atom is 0.188 e. The van der Waals surface area contributed by atoms with Gasteiger partial charge in [-0.3, -0.25) is 4.79 Å². The van der Waals surface area contributed by atoms with E-state index in [2.05, 4.69) is 15.9 Å². The molecule has 0 aliphatic carbocycles. The lowest BCUT2D eigenvalue weighted by Gasteiger charge is -2.14. The van der Waals surface area contributed by atoms with Crippen molar-refractivity contribution in [2.75, 3.05) is 19.8 Å². The molecule has 8 heteroatoms. The van der Waals surface area contributed by atoms with Crippen LogP contribution in [0.4, 0.5) is 13.2 Å². The van der Waals surface area contributed by atoms with Gasteiger partial charge in [-0.25, -0.2) is 13.2 Å². The number of aryl methyl sites for hydroxylation is 1. The summed E-state index contributed by atoms with van der Waals surface area (Å²) in [7, 11) is 0. The maximum atomic E-state index is 14.5. The van der Waals surface area contributed by atoms with E-state index in [0.29, 0.717) is 5.56 Å². The second-order valence-electron chi connectivity index (χ2n) is 6.06. The molecule has 1 atom stereocenters. The number of aliphatic hydroxyl groups excluding tert-OH is 2. The predicted molar refractivity (Wildman–Crippen MR) is 96.2 cm³/mol. The smallest absolute Gasteiger partial charge is 0.188 e. The summed E-state index contributed by atoms with van der Waals surface area (Å²) < 4.78 is 47.4. The number of benzene rings is 2. The summed E-state index contributed by atoms with van der Waals surface area (Å²) in [6.45, 7) is 0.343. The second-order valence-corrected chi connectivity index (χ2v) is 6.91. The lowest BCUT2D eigenvalue weighted by Crippen LogP contribution is -2.22. The van der Waals surface area contributed by atoms with Crippen LogP contribution in [0.25, 0.3) is 0 Å². The first-order valence-electron chi connectivity index (χ1n) is 8.05. The van der Waals surface area contributed by atoms with Crippen LogP contribution in [0.5, 0.6) is 0 Å². The van der Waals surface area contributed by atoms with Crippen LogP contribution >= 0.6 is 15.9 Å². The van der Waals surface area contributed by atoms with E-state index >= 15 is 0 Å². The number of rotatable bonds is 8. The van der Waals surface area contributed by atoms with E-state index < -0.39 is 42.6 Å². The fourth-order valence-electron chi connectivity index (χ4n) is 2.46. The molecule has 27 heavy (non-hydrogen) atoms. The van der Waals surface area contributed by atoms with Crippen LogP contribution in [-0.2, 0) is 11.2 Å². The molecule has 2 aromatic carbocycles. The van der Waals surface area contributed by atoms with Gasteiger partial charge in [-0.05, 0) is 46.1 Å². The van der Waals surface area contributed by atoms with Gasteiger partial charge in [0.15, 0.2) is 17.4 Å². The zero-order valence-electron chi connectivity index (χ0n) is 14.4. The van der Waals surface area contributed by atoms with E-state index in [1.807, 2.05) is 0 Å². The molecule has 0 spiro atoms. The summed E-state index contributed by atoms with van der Waals surface area (Å²) in [5.74, 6) is -3.67. The average Bonchev–Trinajstić information content (AvgIpc) is 2.63. The molecule has 0 fully saturated rings. The topological polar surface area (TPSA) is 66.8 Å². The standard InChI is InChI=1S/C19H18BrF3O4/c1-10-2-3-11(16(21)4-10)5-14-13(6-15(20)19(23)18(14)22)17(26)9-27-8-12(25)7-24/h2-4,6,12,24-25H,5,7-9H2,1H3. The van der Waals surface area contributed by atoms with Gasteiger partial charge < -0.3 is 14.9 Å². The molecule has 4 nitrogen and oxygen atoms in total. The predicted octanol–water partition coefficient (Wildman–Crippen LogP) is 3.32. The van der Waals surface area contributed by atoms with Gasteiger partial charge in [0.05, 0.1) is 17.7 Å². The largest absolute Gasteiger partial charge is 0.394 e. The second kappa shape index (κ2) is 9.45. The van der Waals surface area contributed by atoms with Gasteiger partial charge in [-0.15, -0.1) is 0 Å². The summed E-state index contributed by atoms with van der Waals surface area (Å²) in [6, 6.07) is 5.47. The van der Waals surface area contributed by atoms with Gasteiger partial charge in [0.25, 0.3) is 0 Å². The Bertz CT molecular complexity index is 842. The highest BCUT2D eigenvalue weighted by Crippen LogP contribution is 2.28. The fraction of sp³-hybridized carbons (Fsp3) is 0.316. The minimum absolute atomic E-state index is 0.117. The van der Waals surface area contributed by atoms with Gasteiger partial charge >= 0.3 is 0 Å². The third-order valence-corrected chi connectivity index (χ3v) is 4.47. The Kier molecular flexibility index (Phi) is 7.55. The van der Waals surface area contributed by atoms with Crippen LogP contribution < -0.4 is 0 Å². The number of carbonyl (C=O) groups excluding carboxylic acids is 1. The molecule has 2 N–H and O–H groups in total. The summed E-state index contributed by atoms with van der Waals surface area (Å²) in [6.07, 6.45) is -1.47. The van der Waals surface area contributed by atoms with E-state index in [0.717, 1.165) is 6.07 Å².